The molecular weight excluding hydrogens is 378 g/mol. The Kier molecular flexibility index (Phi) is 7.70. The molecule has 2 aromatic rings. The maximum Gasteiger partial charge on any atom is 0.340 e. The molecule has 0 aromatic heterocycles. The molecule has 1 atom stereocenters. The number of anilines is 1. The molecule has 8 heteroatoms. The first-order valence-electron chi connectivity index (χ1n) is 8.93. The van der Waals surface area contributed by atoms with E-state index in [0.29, 0.717) is 29.4 Å². The third kappa shape index (κ3) is 5.31. The van der Waals surface area contributed by atoms with Gasteiger partial charge in [-0.25, -0.2) is 4.79 Å². The van der Waals surface area contributed by atoms with Gasteiger partial charge in [0, 0.05) is 18.2 Å². The van der Waals surface area contributed by atoms with Crippen molar-refractivity contribution < 1.29 is 33.3 Å². The summed E-state index contributed by atoms with van der Waals surface area (Å²) in [4.78, 5) is 25.0. The molecule has 0 radical (unpaired) electrons. The van der Waals surface area contributed by atoms with Gasteiger partial charge in [0.1, 0.15) is 11.5 Å². The van der Waals surface area contributed by atoms with E-state index in [1.807, 2.05) is 6.92 Å². The predicted octanol–water partition coefficient (Wildman–Crippen LogP) is 3.30. The Hall–Kier alpha value is -3.42. The van der Waals surface area contributed by atoms with E-state index in [1.165, 1.54) is 33.5 Å². The number of rotatable bonds is 9. The zero-order chi connectivity index (χ0) is 21.4. The molecule has 0 fully saturated rings. The molecule has 0 saturated carbocycles. The van der Waals surface area contributed by atoms with Gasteiger partial charge < -0.3 is 29.0 Å². The van der Waals surface area contributed by atoms with Crippen LogP contribution < -0.4 is 24.3 Å². The number of esters is 1. The van der Waals surface area contributed by atoms with Crippen molar-refractivity contribution in [2.24, 2.45) is 0 Å². The maximum absolute atomic E-state index is 12.8. The average Bonchev–Trinajstić information content (AvgIpc) is 2.76. The highest BCUT2D eigenvalue weighted by Gasteiger charge is 2.23. The van der Waals surface area contributed by atoms with E-state index >= 15 is 0 Å². The van der Waals surface area contributed by atoms with E-state index in [0.717, 1.165) is 0 Å². The van der Waals surface area contributed by atoms with Crippen molar-refractivity contribution in [1.29, 1.82) is 0 Å². The summed E-state index contributed by atoms with van der Waals surface area (Å²) in [6.07, 6.45) is -0.384. The van der Waals surface area contributed by atoms with Crippen molar-refractivity contribution in [3.63, 3.8) is 0 Å². The van der Waals surface area contributed by atoms with Crippen LogP contribution in [-0.4, -0.2) is 46.4 Å². The lowest BCUT2D eigenvalue weighted by Gasteiger charge is -2.19. The van der Waals surface area contributed by atoms with Crippen LogP contribution in [0.5, 0.6) is 23.0 Å². The van der Waals surface area contributed by atoms with Crippen LogP contribution in [0.1, 0.15) is 23.7 Å². The van der Waals surface area contributed by atoms with Crippen molar-refractivity contribution in [1.82, 2.24) is 0 Å². The molecule has 2 rings (SSSR count). The molecule has 8 nitrogen and oxygen atoms in total. The molecule has 1 N–H and O–H groups in total. The van der Waals surface area contributed by atoms with Gasteiger partial charge in [0.2, 0.25) is 0 Å². The van der Waals surface area contributed by atoms with Crippen LogP contribution in [0.15, 0.2) is 36.4 Å². The molecule has 0 saturated heterocycles. The fourth-order valence-electron chi connectivity index (χ4n) is 2.64. The van der Waals surface area contributed by atoms with Crippen molar-refractivity contribution in [3.05, 3.63) is 42.0 Å². The Morgan fingerprint density at radius 1 is 0.931 bits per heavy atom. The second-order valence-electron chi connectivity index (χ2n) is 5.93. The number of hydrogen-bond acceptors (Lipinski definition) is 7. The molecule has 0 aliphatic heterocycles. The van der Waals surface area contributed by atoms with E-state index in [9.17, 15) is 9.59 Å². The quantitative estimate of drug-likeness (QED) is 0.642. The largest absolute Gasteiger partial charge is 0.497 e. The Balaban J connectivity index is 2.29. The van der Waals surface area contributed by atoms with Crippen molar-refractivity contribution in [2.75, 3.05) is 33.8 Å². The first-order chi connectivity index (χ1) is 14.0. The number of nitrogens with one attached hydrogen (secondary N) is 1. The van der Waals surface area contributed by atoms with E-state index in [4.69, 9.17) is 23.7 Å². The summed E-state index contributed by atoms with van der Waals surface area (Å²) in [5.41, 5.74) is 0.363. The fourth-order valence-corrected chi connectivity index (χ4v) is 2.64. The van der Waals surface area contributed by atoms with Crippen LogP contribution in [-0.2, 0) is 9.53 Å². The van der Waals surface area contributed by atoms with Gasteiger partial charge in [-0.1, -0.05) is 13.0 Å². The molecule has 0 unspecified atom stereocenters. The summed E-state index contributed by atoms with van der Waals surface area (Å²) in [5, 5.41) is 2.72. The first-order valence-corrected chi connectivity index (χ1v) is 8.93. The number of carbonyl (C=O) groups excluding carboxylic acids is 2. The summed E-state index contributed by atoms with van der Waals surface area (Å²) >= 11 is 0. The number of hydrogen-bond donors (Lipinski definition) is 1. The number of benzene rings is 2. The number of methoxy groups -OCH3 is 4. The monoisotopic (exact) mass is 403 g/mol. The summed E-state index contributed by atoms with van der Waals surface area (Å²) in [6, 6.07) is 9.91. The molecule has 0 aliphatic rings. The Labute approximate surface area is 169 Å². The molecule has 0 aliphatic carbocycles. The molecule has 29 heavy (non-hydrogen) atoms. The Morgan fingerprint density at radius 3 is 2.17 bits per heavy atom. The summed E-state index contributed by atoms with van der Waals surface area (Å²) in [5.74, 6) is 0.760. The average molecular weight is 403 g/mol. The van der Waals surface area contributed by atoms with Crippen molar-refractivity contribution >= 4 is 17.6 Å². The number of ether oxygens (including phenoxy) is 5. The van der Waals surface area contributed by atoms with Crippen LogP contribution in [0.3, 0.4) is 0 Å². The minimum Gasteiger partial charge on any atom is -0.497 e. The maximum atomic E-state index is 12.8. The molecule has 2 aromatic carbocycles. The molecule has 1 amide bonds. The molecular formula is C21H25NO7. The Morgan fingerprint density at radius 2 is 1.59 bits per heavy atom. The van der Waals surface area contributed by atoms with E-state index in [1.54, 1.807) is 31.4 Å². The number of amides is 1. The lowest BCUT2D eigenvalue weighted by atomic mass is 10.1. The minimum atomic E-state index is -0.791. The van der Waals surface area contributed by atoms with E-state index in [2.05, 4.69) is 5.32 Å². The minimum absolute atomic E-state index is 0.134. The summed E-state index contributed by atoms with van der Waals surface area (Å²) < 4.78 is 26.3. The van der Waals surface area contributed by atoms with Crippen molar-refractivity contribution in [2.45, 2.75) is 19.4 Å². The van der Waals surface area contributed by atoms with Crippen LogP contribution in [0, 0.1) is 0 Å². The molecule has 156 valence electrons. The van der Waals surface area contributed by atoms with Gasteiger partial charge in [-0.05, 0) is 18.6 Å². The molecule has 0 bridgehead atoms. The third-order valence-corrected chi connectivity index (χ3v) is 4.17. The van der Waals surface area contributed by atoms with Gasteiger partial charge in [0.15, 0.2) is 17.6 Å². The van der Waals surface area contributed by atoms with Gasteiger partial charge in [0.25, 0.3) is 5.91 Å². The second kappa shape index (κ2) is 10.2. The van der Waals surface area contributed by atoms with E-state index < -0.39 is 18.0 Å². The molecule has 0 spiro atoms. The van der Waals surface area contributed by atoms with Gasteiger partial charge >= 0.3 is 5.97 Å². The third-order valence-electron chi connectivity index (χ3n) is 4.17. The van der Waals surface area contributed by atoms with E-state index in [-0.39, 0.29) is 11.3 Å². The highest BCUT2D eigenvalue weighted by molar-refractivity contribution is 6.03. The van der Waals surface area contributed by atoms with Crippen molar-refractivity contribution in [3.8, 4) is 23.0 Å². The normalized spacial score (nSPS) is 11.2. The standard InChI is InChI=1S/C21H25NO7/c1-6-17(29-14-9-7-8-13(10-14)25-2)20(23)22-16-12-19(27-4)18(26-3)11-15(16)21(24)28-5/h7-12,17H,6H2,1-5H3,(H,22,23)/t17-/m0/s1. The van der Waals surface area contributed by atoms with Gasteiger partial charge in [-0.15, -0.1) is 0 Å². The van der Waals surface area contributed by atoms with Crippen LogP contribution >= 0.6 is 0 Å². The smallest absolute Gasteiger partial charge is 0.340 e. The Bertz CT molecular complexity index is 866. The number of carbonyl (C=O) groups is 2. The topological polar surface area (TPSA) is 92.3 Å². The lowest BCUT2D eigenvalue weighted by molar-refractivity contribution is -0.122. The highest BCUT2D eigenvalue weighted by atomic mass is 16.5. The van der Waals surface area contributed by atoms with Gasteiger partial charge in [0.05, 0.1) is 39.7 Å². The van der Waals surface area contributed by atoms with Gasteiger partial charge in [-0.2, -0.15) is 0 Å². The zero-order valence-corrected chi connectivity index (χ0v) is 17.1. The highest BCUT2D eigenvalue weighted by Crippen LogP contribution is 2.34. The predicted molar refractivity (Wildman–Crippen MR) is 107 cm³/mol. The lowest BCUT2D eigenvalue weighted by Crippen LogP contribution is -2.33. The fraction of sp³-hybridized carbons (Fsp3) is 0.333. The SMILES string of the molecule is CC[C@H](Oc1cccc(OC)c1)C(=O)Nc1cc(OC)c(OC)cc1C(=O)OC. The molecule has 0 heterocycles. The summed E-state index contributed by atoms with van der Waals surface area (Å²) in [6.45, 7) is 1.82. The first kappa shape index (κ1) is 21.9. The van der Waals surface area contributed by atoms with Crippen LogP contribution in [0.2, 0.25) is 0 Å². The summed E-state index contributed by atoms with van der Waals surface area (Å²) in [7, 11) is 5.72. The van der Waals surface area contributed by atoms with Gasteiger partial charge in [-0.3, -0.25) is 4.79 Å². The zero-order valence-electron chi connectivity index (χ0n) is 17.1. The second-order valence-corrected chi connectivity index (χ2v) is 5.93. The van der Waals surface area contributed by atoms with Crippen LogP contribution in [0.25, 0.3) is 0 Å². The van der Waals surface area contributed by atoms with Crippen LogP contribution in [0.4, 0.5) is 5.69 Å².